The SMILES string of the molecule is CCCCCC/C=C\CCCCCCCCCC(=O)OC(COC(=O)CCCCCCCCCCCCCCC)COP(=O)(O)OC1C(OC2OC(CO)C(O)C(O)C2O)C(O)C(O)C(O)C1OC1OC(COC(=O)CCCCCCCCCCCCCCC)C(O)C(O)C1O. The smallest absolute Gasteiger partial charge is 0.463 e. The minimum atomic E-state index is -5.69. The lowest BCUT2D eigenvalue weighted by Gasteiger charge is -2.49. The number of allylic oxidation sites excluding steroid dienone is 2. The summed E-state index contributed by atoms with van der Waals surface area (Å²) in [6, 6.07) is 0. The van der Waals surface area contributed by atoms with Crippen LogP contribution in [0.5, 0.6) is 0 Å². The van der Waals surface area contributed by atoms with Crippen LogP contribution in [0.3, 0.4) is 0 Å². The third kappa shape index (κ3) is 36.5. The first-order valence-corrected chi connectivity index (χ1v) is 39.0. The van der Waals surface area contributed by atoms with E-state index in [0.717, 1.165) is 116 Å². The van der Waals surface area contributed by atoms with E-state index < -0.39 is 156 Å². The minimum Gasteiger partial charge on any atom is -0.463 e. The first-order chi connectivity index (χ1) is 46.3. The van der Waals surface area contributed by atoms with E-state index in [9.17, 15) is 74.9 Å². The van der Waals surface area contributed by atoms with E-state index in [1.54, 1.807) is 0 Å². The van der Waals surface area contributed by atoms with Crippen LogP contribution in [0.2, 0.25) is 0 Å². The number of carbonyl (C=O) groups is 3. The van der Waals surface area contributed by atoms with Crippen molar-refractivity contribution in [2.24, 2.45) is 0 Å². The van der Waals surface area contributed by atoms with Crippen LogP contribution in [0, 0.1) is 0 Å². The number of esters is 3. The van der Waals surface area contributed by atoms with Crippen molar-refractivity contribution >= 4 is 25.7 Å². The van der Waals surface area contributed by atoms with Gasteiger partial charge in [0, 0.05) is 19.3 Å². The average molecular weight is 1400 g/mol. The zero-order valence-electron chi connectivity index (χ0n) is 58.7. The van der Waals surface area contributed by atoms with Crippen molar-refractivity contribution in [3.05, 3.63) is 12.2 Å². The number of ether oxygens (including phenoxy) is 7. The van der Waals surface area contributed by atoms with Crippen molar-refractivity contribution in [3.8, 4) is 0 Å². The Morgan fingerprint density at radius 3 is 1.14 bits per heavy atom. The van der Waals surface area contributed by atoms with E-state index >= 15 is 0 Å². The maximum atomic E-state index is 14.3. The van der Waals surface area contributed by atoms with Gasteiger partial charge in [0.25, 0.3) is 0 Å². The van der Waals surface area contributed by atoms with E-state index in [-0.39, 0.29) is 19.3 Å². The summed E-state index contributed by atoms with van der Waals surface area (Å²) in [5.74, 6) is -1.99. The van der Waals surface area contributed by atoms with Crippen molar-refractivity contribution < 1.29 is 117 Å². The van der Waals surface area contributed by atoms with Crippen LogP contribution >= 0.6 is 7.82 Å². The first kappa shape index (κ1) is 87.9. The minimum absolute atomic E-state index is 0.0321. The fourth-order valence-electron chi connectivity index (χ4n) is 12.4. The molecule has 24 nitrogen and oxygen atoms in total. The summed E-state index contributed by atoms with van der Waals surface area (Å²) in [6.07, 6.45) is 11.4. The number of unbranched alkanes of at least 4 members (excludes halogenated alkanes) is 35. The number of phosphoric acid groups is 1. The molecular formula is C71H131O24P. The summed E-state index contributed by atoms with van der Waals surface area (Å²) in [6.45, 7) is 3.43. The van der Waals surface area contributed by atoms with Crippen LogP contribution in [0.1, 0.15) is 290 Å². The van der Waals surface area contributed by atoms with Crippen LogP contribution < -0.4 is 0 Å². The van der Waals surface area contributed by atoms with Crippen LogP contribution in [-0.2, 0) is 61.2 Å². The monoisotopic (exact) mass is 1400 g/mol. The zero-order valence-corrected chi connectivity index (χ0v) is 59.6. The summed E-state index contributed by atoms with van der Waals surface area (Å²) in [5.41, 5.74) is 0. The van der Waals surface area contributed by atoms with Gasteiger partial charge in [-0.05, 0) is 44.9 Å². The predicted molar refractivity (Wildman–Crippen MR) is 361 cm³/mol. The Kier molecular flexibility index (Phi) is 49.0. The quantitative estimate of drug-likeness (QED) is 0.00886. The normalized spacial score (nSPS) is 28.0. The Balaban J connectivity index is 1.74. The number of aliphatic hydroxyl groups is 10. The second-order valence-electron chi connectivity index (χ2n) is 27.0. The topological polar surface area (TPSA) is 374 Å². The van der Waals surface area contributed by atoms with Crippen LogP contribution in [0.15, 0.2) is 12.2 Å². The van der Waals surface area contributed by atoms with E-state index in [1.165, 1.54) is 116 Å². The summed E-state index contributed by atoms with van der Waals surface area (Å²) in [4.78, 5) is 50.9. The van der Waals surface area contributed by atoms with Gasteiger partial charge >= 0.3 is 25.7 Å². The molecule has 3 rings (SSSR count). The van der Waals surface area contributed by atoms with Crippen molar-refractivity contribution in [2.45, 2.75) is 395 Å². The molecule has 2 heterocycles. The van der Waals surface area contributed by atoms with E-state index in [2.05, 4.69) is 32.9 Å². The van der Waals surface area contributed by atoms with Gasteiger partial charge in [0.2, 0.25) is 0 Å². The molecule has 0 radical (unpaired) electrons. The van der Waals surface area contributed by atoms with Crippen molar-refractivity contribution in [1.29, 1.82) is 0 Å². The number of hydrogen-bond acceptors (Lipinski definition) is 23. The molecule has 18 unspecified atom stereocenters. The van der Waals surface area contributed by atoms with Gasteiger partial charge < -0.3 is 89.1 Å². The van der Waals surface area contributed by atoms with Crippen molar-refractivity contribution in [3.63, 3.8) is 0 Å². The van der Waals surface area contributed by atoms with E-state index in [1.807, 2.05) is 0 Å². The number of carbonyl (C=O) groups excluding carboxylic acids is 3. The van der Waals surface area contributed by atoms with Gasteiger partial charge in [-0.1, -0.05) is 238 Å². The number of phosphoric ester groups is 1. The lowest BCUT2D eigenvalue weighted by Crippen LogP contribution is -2.69. The van der Waals surface area contributed by atoms with Crippen molar-refractivity contribution in [2.75, 3.05) is 26.4 Å². The van der Waals surface area contributed by atoms with Crippen LogP contribution in [0.25, 0.3) is 0 Å². The molecule has 0 aromatic rings. The molecule has 25 heteroatoms. The molecule has 1 saturated carbocycles. The van der Waals surface area contributed by atoms with Gasteiger partial charge in [0.05, 0.1) is 13.2 Å². The highest BCUT2D eigenvalue weighted by atomic mass is 31.2. The molecule has 1 aliphatic carbocycles. The molecule has 3 aliphatic rings. The maximum absolute atomic E-state index is 14.3. The maximum Gasteiger partial charge on any atom is 0.472 e. The Morgan fingerprint density at radius 2 is 0.729 bits per heavy atom. The van der Waals surface area contributed by atoms with Gasteiger partial charge in [0.1, 0.15) is 98.7 Å². The Bertz CT molecular complexity index is 2040. The fourth-order valence-corrected chi connectivity index (χ4v) is 13.4. The summed E-state index contributed by atoms with van der Waals surface area (Å²) in [7, 11) is -5.69. The Hall–Kier alpha value is -2.30. The summed E-state index contributed by atoms with van der Waals surface area (Å²) in [5, 5.41) is 110. The van der Waals surface area contributed by atoms with Crippen LogP contribution in [0.4, 0.5) is 0 Å². The summed E-state index contributed by atoms with van der Waals surface area (Å²) >= 11 is 0. The standard InChI is InChI=1S/C71H131O24P/c1-4-7-10-13-16-19-22-25-26-29-32-35-38-41-44-47-57(75)90-52(49-87-55(73)45-42-39-36-33-30-27-23-20-17-14-11-8-5-2)50-89-96(85,86)95-69-67(93-70-65(83)60(78)58(76)53(48-72)91-70)63(81)62(80)64(82)68(69)94-71-66(84)61(79)59(77)54(92-71)51-88-56(74)46-43-40-37-34-31-28-24-21-18-15-12-9-6-3/h19,22,52-54,58-72,76-84H,4-18,20-21,23-51H2,1-3H3,(H,85,86)/b22-19-. The second kappa shape index (κ2) is 53.5. The first-order valence-electron chi connectivity index (χ1n) is 37.5. The van der Waals surface area contributed by atoms with E-state index in [0.29, 0.717) is 19.3 Å². The molecule has 18 atom stereocenters. The van der Waals surface area contributed by atoms with Gasteiger partial charge in [-0.2, -0.15) is 0 Å². The number of hydrogen-bond donors (Lipinski definition) is 11. The molecule has 96 heavy (non-hydrogen) atoms. The molecule has 3 fully saturated rings. The molecular weight excluding hydrogens is 1270 g/mol. The second-order valence-corrected chi connectivity index (χ2v) is 28.4. The lowest BCUT2D eigenvalue weighted by atomic mass is 9.84. The molecule has 0 bridgehead atoms. The average Bonchev–Trinajstić information content (AvgIpc) is 0.769. The number of aliphatic hydroxyl groups excluding tert-OH is 10. The molecule has 0 amide bonds. The highest BCUT2D eigenvalue weighted by Crippen LogP contribution is 2.49. The van der Waals surface area contributed by atoms with Crippen LogP contribution in [-0.4, -0.2) is 204 Å². The largest absolute Gasteiger partial charge is 0.472 e. The highest BCUT2D eigenvalue weighted by molar-refractivity contribution is 7.47. The zero-order chi connectivity index (χ0) is 70.4. The predicted octanol–water partition coefficient (Wildman–Crippen LogP) is 9.96. The van der Waals surface area contributed by atoms with Crippen molar-refractivity contribution in [1.82, 2.24) is 0 Å². The molecule has 564 valence electrons. The molecule has 2 aliphatic heterocycles. The summed E-state index contributed by atoms with van der Waals surface area (Å²) < 4.78 is 65.0. The highest BCUT2D eigenvalue weighted by Gasteiger charge is 2.58. The van der Waals surface area contributed by atoms with Gasteiger partial charge in [-0.15, -0.1) is 0 Å². The molecule has 0 aromatic heterocycles. The molecule has 0 aromatic carbocycles. The third-order valence-electron chi connectivity index (χ3n) is 18.5. The lowest BCUT2D eigenvalue weighted by molar-refractivity contribution is -0.360. The van der Waals surface area contributed by atoms with Gasteiger partial charge in [0.15, 0.2) is 18.7 Å². The molecule has 11 N–H and O–H groups in total. The van der Waals surface area contributed by atoms with Gasteiger partial charge in [-0.25, -0.2) is 4.57 Å². The van der Waals surface area contributed by atoms with E-state index in [4.69, 9.17) is 42.2 Å². The molecule has 0 spiro atoms. The number of rotatable bonds is 58. The Labute approximate surface area is 573 Å². The molecule has 2 saturated heterocycles. The fraction of sp³-hybridized carbons (Fsp3) is 0.930. The van der Waals surface area contributed by atoms with Gasteiger partial charge in [-0.3, -0.25) is 23.4 Å². The Morgan fingerprint density at radius 1 is 0.396 bits per heavy atom. The third-order valence-corrected chi connectivity index (χ3v) is 19.5.